The average molecular weight is 366 g/mol. The van der Waals surface area contributed by atoms with Crippen LogP contribution in [0.3, 0.4) is 0 Å². The Morgan fingerprint density at radius 2 is 1.92 bits per heavy atom. The molecule has 0 radical (unpaired) electrons. The maximum atomic E-state index is 11.9. The van der Waals surface area contributed by atoms with Crippen LogP contribution in [-0.4, -0.2) is 22.8 Å². The van der Waals surface area contributed by atoms with Gasteiger partial charge >= 0.3 is 0 Å². The lowest BCUT2D eigenvalue weighted by atomic mass is 9.78. The highest BCUT2D eigenvalue weighted by molar-refractivity contribution is 8.00. The molecule has 0 unspecified atom stereocenters. The molecule has 1 saturated carbocycles. The zero-order valence-corrected chi connectivity index (χ0v) is 16.2. The zero-order valence-electron chi connectivity index (χ0n) is 14.6. The summed E-state index contributed by atoms with van der Waals surface area (Å²) >= 11 is 6.80. The van der Waals surface area contributed by atoms with E-state index in [0.717, 1.165) is 11.3 Å². The van der Waals surface area contributed by atoms with Crippen molar-refractivity contribution in [2.75, 3.05) is 5.75 Å². The molecule has 0 heterocycles. The van der Waals surface area contributed by atoms with Gasteiger partial charge in [-0.1, -0.05) is 44.4 Å². The third-order valence-corrected chi connectivity index (χ3v) is 5.96. The fraction of sp³-hybridized carbons (Fsp3) is 0.556. The van der Waals surface area contributed by atoms with Gasteiger partial charge in [0.05, 0.1) is 5.75 Å². The molecule has 0 bridgehead atoms. The molecule has 24 heavy (non-hydrogen) atoms. The van der Waals surface area contributed by atoms with Gasteiger partial charge < -0.3 is 5.32 Å². The first-order chi connectivity index (χ1) is 11.5. The molecular formula is C18H27N3OS2. The second-order valence-electron chi connectivity index (χ2n) is 6.62. The fourth-order valence-corrected chi connectivity index (χ4v) is 3.84. The topological polar surface area (TPSA) is 53.2 Å². The van der Waals surface area contributed by atoms with E-state index in [0.29, 0.717) is 28.7 Å². The minimum atomic E-state index is -0.0882. The highest BCUT2D eigenvalue weighted by Gasteiger charge is 2.27. The largest absolute Gasteiger partial charge is 0.358 e. The highest BCUT2D eigenvalue weighted by atomic mass is 32.2. The minimum absolute atomic E-state index is 0.0882. The molecule has 1 aromatic rings. The Bertz CT molecular complexity index is 562. The summed E-state index contributed by atoms with van der Waals surface area (Å²) in [5.41, 5.74) is 6.70. The smallest absolute Gasteiger partial charge is 0.248 e. The first-order valence-electron chi connectivity index (χ1n) is 8.50. The standard InChI is InChI=1S/C18H27N3OS2/c1-12-7-9-15(10-8-12)24-11-17(22)20-21-18(23)19-16-6-4-5-13(2)14(16)3/h7-10,13-14,16H,4-6,11H2,1-3H3,(H,20,22)(H2,19,21,23)/t13-,14+,16+/m1/s1. The molecule has 0 aliphatic heterocycles. The second-order valence-corrected chi connectivity index (χ2v) is 8.08. The van der Waals surface area contributed by atoms with E-state index >= 15 is 0 Å². The van der Waals surface area contributed by atoms with Crippen molar-refractivity contribution in [3.05, 3.63) is 29.8 Å². The van der Waals surface area contributed by atoms with Gasteiger partial charge in [0.2, 0.25) is 5.91 Å². The van der Waals surface area contributed by atoms with Gasteiger partial charge in [0.25, 0.3) is 0 Å². The second kappa shape index (κ2) is 9.28. The van der Waals surface area contributed by atoms with Crippen LogP contribution in [-0.2, 0) is 4.79 Å². The number of aryl methyl sites for hydroxylation is 1. The lowest BCUT2D eigenvalue weighted by molar-refractivity contribution is -0.119. The maximum absolute atomic E-state index is 11.9. The Hall–Kier alpha value is -1.27. The van der Waals surface area contributed by atoms with Crippen LogP contribution in [0.5, 0.6) is 0 Å². The number of hydrogen-bond donors (Lipinski definition) is 3. The van der Waals surface area contributed by atoms with E-state index < -0.39 is 0 Å². The predicted octanol–water partition coefficient (Wildman–Crippen LogP) is 3.41. The molecule has 1 aromatic carbocycles. The van der Waals surface area contributed by atoms with Crippen molar-refractivity contribution in [3.63, 3.8) is 0 Å². The number of thiocarbonyl (C=S) groups is 1. The number of carbonyl (C=O) groups excluding carboxylic acids is 1. The number of benzene rings is 1. The van der Waals surface area contributed by atoms with Gasteiger partial charge in [0.15, 0.2) is 5.11 Å². The molecule has 0 aromatic heterocycles. The maximum Gasteiger partial charge on any atom is 0.248 e. The van der Waals surface area contributed by atoms with Crippen LogP contribution >= 0.6 is 24.0 Å². The first kappa shape index (κ1) is 19.1. The van der Waals surface area contributed by atoms with Crippen LogP contribution in [0.15, 0.2) is 29.2 Å². The molecule has 0 saturated heterocycles. The summed E-state index contributed by atoms with van der Waals surface area (Å²) in [7, 11) is 0. The minimum Gasteiger partial charge on any atom is -0.358 e. The summed E-state index contributed by atoms with van der Waals surface area (Å²) in [6.07, 6.45) is 3.64. The number of rotatable bonds is 4. The predicted molar refractivity (Wildman–Crippen MR) is 105 cm³/mol. The molecule has 2 rings (SSSR count). The van der Waals surface area contributed by atoms with E-state index in [1.165, 1.54) is 30.2 Å². The number of hydrogen-bond acceptors (Lipinski definition) is 3. The average Bonchev–Trinajstić information content (AvgIpc) is 2.56. The number of carbonyl (C=O) groups is 1. The van der Waals surface area contributed by atoms with E-state index in [4.69, 9.17) is 12.2 Å². The number of thioether (sulfide) groups is 1. The molecule has 1 aliphatic carbocycles. The molecule has 3 atom stereocenters. The van der Waals surface area contributed by atoms with Crippen LogP contribution in [0.4, 0.5) is 0 Å². The summed E-state index contributed by atoms with van der Waals surface area (Å²) < 4.78 is 0. The van der Waals surface area contributed by atoms with E-state index in [1.54, 1.807) is 0 Å². The lowest BCUT2D eigenvalue weighted by Crippen LogP contribution is -2.52. The Labute approximate surface area is 154 Å². The van der Waals surface area contributed by atoms with Crippen LogP contribution in [0, 0.1) is 18.8 Å². The van der Waals surface area contributed by atoms with Crippen LogP contribution in [0.2, 0.25) is 0 Å². The third-order valence-electron chi connectivity index (χ3n) is 4.73. The lowest BCUT2D eigenvalue weighted by Gasteiger charge is -2.35. The van der Waals surface area contributed by atoms with Crippen molar-refractivity contribution in [2.45, 2.75) is 51.0 Å². The van der Waals surface area contributed by atoms with Gasteiger partial charge in [-0.05, 0) is 49.5 Å². The molecule has 1 amide bonds. The summed E-state index contributed by atoms with van der Waals surface area (Å²) in [5, 5.41) is 3.83. The summed E-state index contributed by atoms with van der Waals surface area (Å²) in [5.74, 6) is 1.57. The van der Waals surface area contributed by atoms with Gasteiger partial charge in [0.1, 0.15) is 0 Å². The Kier molecular flexibility index (Phi) is 7.37. The van der Waals surface area contributed by atoms with Gasteiger partial charge in [-0.2, -0.15) is 0 Å². The molecule has 4 nitrogen and oxygen atoms in total. The number of hydrazine groups is 1. The van der Waals surface area contributed by atoms with Crippen molar-refractivity contribution in [1.29, 1.82) is 0 Å². The number of nitrogens with one attached hydrogen (secondary N) is 3. The molecule has 3 N–H and O–H groups in total. The van der Waals surface area contributed by atoms with Gasteiger partial charge in [-0.15, -0.1) is 11.8 Å². The third kappa shape index (κ3) is 5.98. The molecule has 1 fully saturated rings. The molecule has 132 valence electrons. The van der Waals surface area contributed by atoms with Gasteiger partial charge in [-0.3, -0.25) is 15.6 Å². The Balaban J connectivity index is 1.67. The van der Waals surface area contributed by atoms with Gasteiger partial charge in [0, 0.05) is 10.9 Å². The first-order valence-corrected chi connectivity index (χ1v) is 9.90. The summed E-state index contributed by atoms with van der Waals surface area (Å²) in [6, 6.07) is 8.53. The monoisotopic (exact) mass is 365 g/mol. The van der Waals surface area contributed by atoms with Crippen molar-refractivity contribution >= 4 is 35.0 Å². The Morgan fingerprint density at radius 3 is 2.62 bits per heavy atom. The molecular weight excluding hydrogens is 338 g/mol. The van der Waals surface area contributed by atoms with Crippen molar-refractivity contribution in [1.82, 2.24) is 16.2 Å². The summed E-state index contributed by atoms with van der Waals surface area (Å²) in [6.45, 7) is 6.60. The normalized spacial score (nSPS) is 23.4. The highest BCUT2D eigenvalue weighted by Crippen LogP contribution is 2.29. The number of amides is 1. The van der Waals surface area contributed by atoms with Gasteiger partial charge in [-0.25, -0.2) is 0 Å². The van der Waals surface area contributed by atoms with Crippen LogP contribution in [0.25, 0.3) is 0 Å². The summed E-state index contributed by atoms with van der Waals surface area (Å²) in [4.78, 5) is 13.0. The van der Waals surface area contributed by atoms with Crippen molar-refractivity contribution < 1.29 is 4.79 Å². The van der Waals surface area contributed by atoms with Crippen LogP contribution in [0.1, 0.15) is 38.7 Å². The Morgan fingerprint density at radius 1 is 1.21 bits per heavy atom. The molecule has 0 spiro atoms. The van der Waals surface area contributed by atoms with E-state index in [-0.39, 0.29) is 5.91 Å². The zero-order chi connectivity index (χ0) is 17.5. The van der Waals surface area contributed by atoms with Crippen molar-refractivity contribution in [3.8, 4) is 0 Å². The SMILES string of the molecule is Cc1ccc(SCC(=O)NNC(=S)N[C@H]2CCC[C@@H](C)[C@@H]2C)cc1. The quantitative estimate of drug-likeness (QED) is 0.434. The fourth-order valence-electron chi connectivity index (χ4n) is 2.94. The molecule has 6 heteroatoms. The van der Waals surface area contributed by atoms with Crippen molar-refractivity contribution in [2.24, 2.45) is 11.8 Å². The molecule has 1 aliphatic rings. The van der Waals surface area contributed by atoms with E-state index in [9.17, 15) is 4.79 Å². The van der Waals surface area contributed by atoms with E-state index in [2.05, 4.69) is 30.0 Å². The van der Waals surface area contributed by atoms with Crippen LogP contribution < -0.4 is 16.2 Å². The van der Waals surface area contributed by atoms with E-state index in [1.807, 2.05) is 31.2 Å².